The summed E-state index contributed by atoms with van der Waals surface area (Å²) in [5.41, 5.74) is 10.2. The van der Waals surface area contributed by atoms with Gasteiger partial charge >= 0.3 is 0 Å². The first-order valence-electron chi connectivity index (χ1n) is 17.7. The molecule has 0 aliphatic rings. The predicted molar refractivity (Wildman–Crippen MR) is 223 cm³/mol. The molecule has 2 nitrogen and oxygen atoms in total. The van der Waals surface area contributed by atoms with E-state index in [1.165, 1.54) is 74.6 Å². The zero-order valence-electron chi connectivity index (χ0n) is 28.1. The highest BCUT2D eigenvalue weighted by Crippen LogP contribution is 2.50. The highest BCUT2D eigenvalue weighted by Gasteiger charge is 2.23. The van der Waals surface area contributed by atoms with Gasteiger partial charge in [-0.05, 0) is 34.5 Å². The van der Waals surface area contributed by atoms with Crippen molar-refractivity contribution in [3.63, 3.8) is 0 Å². The molecule has 11 rings (SSSR count). The lowest BCUT2D eigenvalue weighted by atomic mass is 9.95. The van der Waals surface area contributed by atoms with E-state index in [-0.39, 0.29) is 0 Å². The minimum atomic E-state index is 0.953. The van der Waals surface area contributed by atoms with Crippen molar-refractivity contribution in [1.82, 2.24) is 9.55 Å². The normalized spacial score (nSPS) is 11.8. The number of aromatic nitrogens is 2. The van der Waals surface area contributed by atoms with Crippen LogP contribution in [0.4, 0.5) is 0 Å². The van der Waals surface area contributed by atoms with Crippen molar-refractivity contribution in [3.8, 4) is 39.3 Å². The van der Waals surface area contributed by atoms with Crippen molar-refractivity contribution in [2.24, 2.45) is 0 Å². The van der Waals surface area contributed by atoms with Crippen LogP contribution in [-0.4, -0.2) is 9.55 Å². The summed E-state index contributed by atoms with van der Waals surface area (Å²) < 4.78 is 5.15. The number of para-hydroxylation sites is 1. The second-order valence-corrected chi connectivity index (χ2v) is 14.5. The minimum Gasteiger partial charge on any atom is -0.308 e. The molecule has 0 fully saturated rings. The number of thiophene rings is 1. The maximum absolute atomic E-state index is 5.24. The molecule has 0 amide bonds. The maximum Gasteiger partial charge on any atom is 0.0730 e. The molecule has 0 unspecified atom stereocenters. The van der Waals surface area contributed by atoms with Crippen molar-refractivity contribution in [1.29, 1.82) is 0 Å². The van der Waals surface area contributed by atoms with Crippen molar-refractivity contribution >= 4 is 74.9 Å². The molecule has 3 aromatic heterocycles. The number of fused-ring (bicyclic) bond motifs is 11. The molecule has 242 valence electrons. The predicted octanol–water partition coefficient (Wildman–Crippen LogP) is 13.9. The van der Waals surface area contributed by atoms with Crippen molar-refractivity contribution < 1.29 is 0 Å². The number of nitrogens with zero attached hydrogens (tertiary/aromatic N) is 2. The van der Waals surface area contributed by atoms with Gasteiger partial charge < -0.3 is 4.57 Å². The van der Waals surface area contributed by atoms with Gasteiger partial charge in [0.2, 0.25) is 0 Å². The molecule has 0 N–H and O–H groups in total. The van der Waals surface area contributed by atoms with E-state index in [0.717, 1.165) is 28.2 Å². The average molecular weight is 679 g/mol. The summed E-state index contributed by atoms with van der Waals surface area (Å²) >= 11 is 1.93. The van der Waals surface area contributed by atoms with E-state index in [2.05, 4.69) is 187 Å². The molecule has 8 aromatic carbocycles. The summed E-state index contributed by atoms with van der Waals surface area (Å²) in [7, 11) is 0. The fourth-order valence-electron chi connectivity index (χ4n) is 8.29. The molecule has 0 radical (unpaired) electrons. The Balaban J connectivity index is 1.30. The van der Waals surface area contributed by atoms with Gasteiger partial charge in [0.05, 0.1) is 28.1 Å². The summed E-state index contributed by atoms with van der Waals surface area (Å²) in [6.07, 6.45) is 0. The third kappa shape index (κ3) is 4.33. The van der Waals surface area contributed by atoms with E-state index in [1.54, 1.807) is 0 Å². The van der Waals surface area contributed by atoms with E-state index in [4.69, 9.17) is 4.98 Å². The first-order valence-corrected chi connectivity index (χ1v) is 18.5. The number of hydrogen-bond acceptors (Lipinski definition) is 2. The lowest BCUT2D eigenvalue weighted by Gasteiger charge is -2.14. The third-order valence-corrected chi connectivity index (χ3v) is 11.8. The van der Waals surface area contributed by atoms with Crippen molar-refractivity contribution in [2.45, 2.75) is 0 Å². The molecule has 0 saturated carbocycles. The maximum atomic E-state index is 5.24. The molecular formula is C49H30N2S. The Hall–Kier alpha value is -6.55. The quantitative estimate of drug-likeness (QED) is 0.181. The van der Waals surface area contributed by atoms with Crippen LogP contribution in [-0.2, 0) is 0 Å². The molecule has 0 aliphatic carbocycles. The highest BCUT2D eigenvalue weighted by atomic mass is 32.1. The number of pyridine rings is 1. The van der Waals surface area contributed by atoms with Gasteiger partial charge in [0, 0.05) is 58.4 Å². The Bertz CT molecular complexity index is 3110. The molecular weight excluding hydrogens is 649 g/mol. The molecule has 3 heteroatoms. The van der Waals surface area contributed by atoms with Gasteiger partial charge in [-0.25, -0.2) is 4.98 Å². The largest absolute Gasteiger partial charge is 0.308 e. The minimum absolute atomic E-state index is 0.953. The number of rotatable bonds is 4. The van der Waals surface area contributed by atoms with Gasteiger partial charge in [-0.2, -0.15) is 0 Å². The number of benzene rings is 8. The van der Waals surface area contributed by atoms with Crippen LogP contribution in [0.2, 0.25) is 0 Å². The van der Waals surface area contributed by atoms with E-state index in [0.29, 0.717) is 0 Å². The fourth-order valence-corrected chi connectivity index (χ4v) is 9.67. The molecule has 0 atom stereocenters. The highest BCUT2D eigenvalue weighted by molar-refractivity contribution is 7.27. The average Bonchev–Trinajstić information content (AvgIpc) is 3.78. The zero-order valence-corrected chi connectivity index (χ0v) is 28.9. The standard InChI is InChI=1S/C49H30N2S/c1-3-16-32(17-4-1)42-29-34(30-43(50-42)33-18-5-2-6-19-33)51-44-28-12-11-24-40(44)45-46-41-27-14-26-38(36-25-13-20-31-15-7-8-21-35(31)36)48(41)52-49(46)39-23-10-9-22-37(39)47(45)51/h1-30H. The Morgan fingerprint density at radius 3 is 1.71 bits per heavy atom. The van der Waals surface area contributed by atoms with E-state index in [1.807, 2.05) is 11.3 Å². The second kappa shape index (κ2) is 11.5. The summed E-state index contributed by atoms with van der Waals surface area (Å²) in [6, 6.07) is 65.8. The SMILES string of the molecule is c1ccc(-c2cc(-n3c4ccccc4c4c5c6cccc(-c7cccc8ccccc78)c6sc5c5ccccc5c43)cc(-c3ccccc3)n2)cc1. The Labute approximate surface area is 304 Å². The Morgan fingerprint density at radius 1 is 0.404 bits per heavy atom. The first kappa shape index (κ1) is 29.2. The molecule has 0 aliphatic heterocycles. The summed E-state index contributed by atoms with van der Waals surface area (Å²) in [4.78, 5) is 5.24. The van der Waals surface area contributed by atoms with Gasteiger partial charge in [-0.3, -0.25) is 0 Å². The topological polar surface area (TPSA) is 17.8 Å². The molecule has 0 saturated heterocycles. The van der Waals surface area contributed by atoms with Crippen LogP contribution in [0.25, 0.3) is 103 Å². The monoisotopic (exact) mass is 678 g/mol. The Morgan fingerprint density at radius 2 is 0.962 bits per heavy atom. The fraction of sp³-hybridized carbons (Fsp3) is 0. The first-order chi connectivity index (χ1) is 25.8. The van der Waals surface area contributed by atoms with Crippen LogP contribution in [0.1, 0.15) is 0 Å². The summed E-state index contributed by atoms with van der Waals surface area (Å²) in [5.74, 6) is 0. The lowest BCUT2D eigenvalue weighted by Crippen LogP contribution is -1.98. The van der Waals surface area contributed by atoms with E-state index in [9.17, 15) is 0 Å². The molecule has 0 spiro atoms. The van der Waals surface area contributed by atoms with Crippen LogP contribution >= 0.6 is 11.3 Å². The van der Waals surface area contributed by atoms with Gasteiger partial charge in [-0.1, -0.05) is 164 Å². The van der Waals surface area contributed by atoms with Gasteiger partial charge in [0.15, 0.2) is 0 Å². The van der Waals surface area contributed by atoms with Crippen LogP contribution in [0.3, 0.4) is 0 Å². The third-order valence-electron chi connectivity index (χ3n) is 10.6. The van der Waals surface area contributed by atoms with Crippen LogP contribution in [0.15, 0.2) is 182 Å². The van der Waals surface area contributed by atoms with Crippen LogP contribution < -0.4 is 0 Å². The van der Waals surface area contributed by atoms with Gasteiger partial charge in [0.1, 0.15) is 0 Å². The molecule has 0 bridgehead atoms. The Kier molecular flexibility index (Phi) is 6.46. The van der Waals surface area contributed by atoms with Gasteiger partial charge in [0.25, 0.3) is 0 Å². The second-order valence-electron chi connectivity index (χ2n) is 13.5. The van der Waals surface area contributed by atoms with Crippen molar-refractivity contribution in [2.75, 3.05) is 0 Å². The van der Waals surface area contributed by atoms with Crippen LogP contribution in [0, 0.1) is 0 Å². The van der Waals surface area contributed by atoms with E-state index < -0.39 is 0 Å². The molecule has 11 aromatic rings. The molecule has 3 heterocycles. The lowest BCUT2D eigenvalue weighted by molar-refractivity contribution is 1.16. The zero-order chi connectivity index (χ0) is 34.2. The summed E-state index contributed by atoms with van der Waals surface area (Å²) in [5, 5.41) is 10.2. The van der Waals surface area contributed by atoms with E-state index >= 15 is 0 Å². The van der Waals surface area contributed by atoms with Crippen LogP contribution in [0.5, 0.6) is 0 Å². The van der Waals surface area contributed by atoms with Gasteiger partial charge in [-0.15, -0.1) is 11.3 Å². The smallest absolute Gasteiger partial charge is 0.0730 e. The summed E-state index contributed by atoms with van der Waals surface area (Å²) in [6.45, 7) is 0. The molecule has 52 heavy (non-hydrogen) atoms. The van der Waals surface area contributed by atoms with Crippen molar-refractivity contribution in [3.05, 3.63) is 182 Å². The number of hydrogen-bond donors (Lipinski definition) is 0.